The first-order chi connectivity index (χ1) is 13.8. The zero-order chi connectivity index (χ0) is 21.1. The molecule has 29 heavy (non-hydrogen) atoms. The zero-order valence-electron chi connectivity index (χ0n) is 16.1. The normalized spacial score (nSPS) is 16.7. The van der Waals surface area contributed by atoms with Gasteiger partial charge in [-0.1, -0.05) is 37.0 Å². The van der Waals surface area contributed by atoms with Crippen LogP contribution >= 0.6 is 23.2 Å². The highest BCUT2D eigenvalue weighted by Crippen LogP contribution is 2.29. The Kier molecular flexibility index (Phi) is 6.45. The molecule has 0 aromatic heterocycles. The topological polar surface area (TPSA) is 69.7 Å². The van der Waals surface area contributed by atoms with Crippen LogP contribution in [0.15, 0.2) is 48.5 Å². The number of carbonyl (C=O) groups is 3. The summed E-state index contributed by atoms with van der Waals surface area (Å²) >= 11 is 11.8. The summed E-state index contributed by atoms with van der Waals surface area (Å²) in [6.07, 6.45) is -0.135. The molecular formula is C21H21Cl2N3O3. The van der Waals surface area contributed by atoms with E-state index in [1.165, 1.54) is 4.90 Å². The SMILES string of the molecule is CC(C)CN1C(=O)N(c2ccc(Cl)cc2)C(=O)[C@H]1CC(=O)Nc1ccc(Cl)cc1. The van der Waals surface area contributed by atoms with Crippen molar-refractivity contribution in [3.05, 3.63) is 58.6 Å². The Balaban J connectivity index is 1.81. The lowest BCUT2D eigenvalue weighted by atomic mass is 10.1. The number of urea groups is 1. The van der Waals surface area contributed by atoms with E-state index in [0.717, 1.165) is 4.90 Å². The summed E-state index contributed by atoms with van der Waals surface area (Å²) in [7, 11) is 0. The molecule has 2 aromatic carbocycles. The van der Waals surface area contributed by atoms with E-state index in [2.05, 4.69) is 5.32 Å². The van der Waals surface area contributed by atoms with Crippen molar-refractivity contribution >= 4 is 52.4 Å². The lowest BCUT2D eigenvalue weighted by Gasteiger charge is -2.23. The van der Waals surface area contributed by atoms with Gasteiger partial charge in [0.1, 0.15) is 6.04 Å². The number of nitrogens with one attached hydrogen (secondary N) is 1. The molecule has 1 aliphatic rings. The Morgan fingerprint density at radius 1 is 1.00 bits per heavy atom. The first kappa shape index (κ1) is 21.1. The molecule has 3 rings (SSSR count). The number of halogens is 2. The van der Waals surface area contributed by atoms with Gasteiger partial charge in [0.2, 0.25) is 5.91 Å². The maximum absolute atomic E-state index is 13.1. The zero-order valence-corrected chi connectivity index (χ0v) is 17.6. The number of anilines is 2. The summed E-state index contributed by atoms with van der Waals surface area (Å²) in [4.78, 5) is 41.2. The highest BCUT2D eigenvalue weighted by atomic mass is 35.5. The van der Waals surface area contributed by atoms with Crippen molar-refractivity contribution in [2.45, 2.75) is 26.3 Å². The Hall–Kier alpha value is -2.57. The van der Waals surface area contributed by atoms with Gasteiger partial charge in [-0.25, -0.2) is 9.69 Å². The minimum Gasteiger partial charge on any atom is -0.326 e. The summed E-state index contributed by atoms with van der Waals surface area (Å²) in [5, 5.41) is 3.81. The molecule has 1 atom stereocenters. The van der Waals surface area contributed by atoms with Crippen LogP contribution in [0.3, 0.4) is 0 Å². The average molecular weight is 434 g/mol. The molecular weight excluding hydrogens is 413 g/mol. The second-order valence-electron chi connectivity index (χ2n) is 7.25. The maximum atomic E-state index is 13.1. The van der Waals surface area contributed by atoms with E-state index in [1.54, 1.807) is 48.5 Å². The number of hydrogen-bond donors (Lipinski definition) is 1. The predicted octanol–water partition coefficient (Wildman–Crippen LogP) is 4.82. The van der Waals surface area contributed by atoms with Crippen molar-refractivity contribution in [3.63, 3.8) is 0 Å². The van der Waals surface area contributed by atoms with Crippen molar-refractivity contribution in [3.8, 4) is 0 Å². The van der Waals surface area contributed by atoms with Crippen LogP contribution < -0.4 is 10.2 Å². The largest absolute Gasteiger partial charge is 0.332 e. The van der Waals surface area contributed by atoms with E-state index >= 15 is 0 Å². The first-order valence-electron chi connectivity index (χ1n) is 9.22. The Bertz CT molecular complexity index is 914. The van der Waals surface area contributed by atoms with E-state index in [-0.39, 0.29) is 18.2 Å². The highest BCUT2D eigenvalue weighted by Gasteiger charge is 2.46. The van der Waals surface area contributed by atoms with Crippen LogP contribution in [0.5, 0.6) is 0 Å². The molecule has 1 N–H and O–H groups in total. The molecule has 0 spiro atoms. The summed E-state index contributed by atoms with van der Waals surface area (Å²) < 4.78 is 0. The van der Waals surface area contributed by atoms with Crippen LogP contribution in [0.25, 0.3) is 0 Å². The van der Waals surface area contributed by atoms with E-state index in [0.29, 0.717) is 28.0 Å². The van der Waals surface area contributed by atoms with Crippen LogP contribution in [0.1, 0.15) is 20.3 Å². The van der Waals surface area contributed by atoms with E-state index in [1.807, 2.05) is 13.8 Å². The fraction of sp³-hybridized carbons (Fsp3) is 0.286. The molecule has 8 heteroatoms. The number of hydrogen-bond acceptors (Lipinski definition) is 3. The van der Waals surface area contributed by atoms with Gasteiger partial charge in [0.05, 0.1) is 12.1 Å². The second-order valence-corrected chi connectivity index (χ2v) is 8.13. The van der Waals surface area contributed by atoms with E-state index in [9.17, 15) is 14.4 Å². The average Bonchev–Trinajstić information content (AvgIpc) is 2.88. The maximum Gasteiger partial charge on any atom is 0.332 e. The molecule has 0 saturated carbocycles. The molecule has 0 radical (unpaired) electrons. The molecule has 4 amide bonds. The standard InChI is InChI=1S/C21H21Cl2N3O3/c1-13(2)12-25-18(11-19(27)24-16-7-3-14(22)4-8-16)20(28)26(21(25)29)17-9-5-15(23)6-10-17/h3-10,13,18H,11-12H2,1-2H3,(H,24,27)/t18-/m1/s1. The number of rotatable bonds is 6. The minimum absolute atomic E-state index is 0.135. The molecule has 1 heterocycles. The number of nitrogens with zero attached hydrogens (tertiary/aromatic N) is 2. The number of carbonyl (C=O) groups excluding carboxylic acids is 3. The summed E-state index contributed by atoms with van der Waals surface area (Å²) in [5.74, 6) is -0.645. The Morgan fingerprint density at radius 2 is 1.55 bits per heavy atom. The van der Waals surface area contributed by atoms with Gasteiger partial charge in [-0.15, -0.1) is 0 Å². The quantitative estimate of drug-likeness (QED) is 0.663. The van der Waals surface area contributed by atoms with Gasteiger partial charge >= 0.3 is 6.03 Å². The molecule has 1 fully saturated rings. The van der Waals surface area contributed by atoms with Crippen molar-refractivity contribution in [2.24, 2.45) is 5.92 Å². The molecule has 152 valence electrons. The fourth-order valence-corrected chi connectivity index (χ4v) is 3.44. The summed E-state index contributed by atoms with van der Waals surface area (Å²) in [6.45, 7) is 4.27. The molecule has 0 unspecified atom stereocenters. The van der Waals surface area contributed by atoms with Gasteiger partial charge in [-0.2, -0.15) is 0 Å². The summed E-state index contributed by atoms with van der Waals surface area (Å²) in [6, 6.07) is 11.8. The van der Waals surface area contributed by atoms with Crippen molar-refractivity contribution in [1.29, 1.82) is 0 Å². The van der Waals surface area contributed by atoms with Gasteiger partial charge in [0.15, 0.2) is 0 Å². The van der Waals surface area contributed by atoms with Crippen molar-refractivity contribution < 1.29 is 14.4 Å². The smallest absolute Gasteiger partial charge is 0.326 e. The van der Waals surface area contributed by atoms with E-state index in [4.69, 9.17) is 23.2 Å². The molecule has 2 aromatic rings. The third kappa shape index (κ3) is 4.89. The monoisotopic (exact) mass is 433 g/mol. The van der Waals surface area contributed by atoms with Crippen LogP contribution in [0.4, 0.5) is 16.2 Å². The van der Waals surface area contributed by atoms with Gasteiger partial charge in [-0.05, 0) is 54.4 Å². The van der Waals surface area contributed by atoms with Crippen molar-refractivity contribution in [2.75, 3.05) is 16.8 Å². The van der Waals surface area contributed by atoms with Crippen LogP contribution in [-0.4, -0.2) is 35.3 Å². The third-order valence-electron chi connectivity index (χ3n) is 4.47. The second kappa shape index (κ2) is 8.84. The van der Waals surface area contributed by atoms with E-state index < -0.39 is 18.0 Å². The Labute approximate surface area is 179 Å². The number of imide groups is 1. The van der Waals surface area contributed by atoms with Crippen LogP contribution in [0, 0.1) is 5.92 Å². The van der Waals surface area contributed by atoms with Gasteiger partial charge in [0, 0.05) is 22.3 Å². The molecule has 1 aliphatic heterocycles. The minimum atomic E-state index is -0.868. The van der Waals surface area contributed by atoms with Crippen molar-refractivity contribution in [1.82, 2.24) is 4.90 Å². The molecule has 0 bridgehead atoms. The van der Waals surface area contributed by atoms with Gasteiger partial charge in [-0.3, -0.25) is 9.59 Å². The molecule has 1 saturated heterocycles. The molecule has 6 nitrogen and oxygen atoms in total. The third-order valence-corrected chi connectivity index (χ3v) is 4.98. The lowest BCUT2D eigenvalue weighted by Crippen LogP contribution is -2.40. The summed E-state index contributed by atoms with van der Waals surface area (Å²) in [5.41, 5.74) is 1.000. The molecule has 0 aliphatic carbocycles. The van der Waals surface area contributed by atoms with Gasteiger partial charge in [0.25, 0.3) is 5.91 Å². The number of benzene rings is 2. The number of amides is 4. The lowest BCUT2D eigenvalue weighted by molar-refractivity contribution is -0.124. The fourth-order valence-electron chi connectivity index (χ4n) is 3.18. The Morgan fingerprint density at radius 3 is 2.10 bits per heavy atom. The highest BCUT2D eigenvalue weighted by molar-refractivity contribution is 6.31. The first-order valence-corrected chi connectivity index (χ1v) is 9.97. The van der Waals surface area contributed by atoms with Crippen LogP contribution in [0.2, 0.25) is 10.0 Å². The van der Waals surface area contributed by atoms with Gasteiger partial charge < -0.3 is 10.2 Å². The van der Waals surface area contributed by atoms with Crippen LogP contribution in [-0.2, 0) is 9.59 Å². The predicted molar refractivity (Wildman–Crippen MR) is 114 cm³/mol.